The zero-order chi connectivity index (χ0) is 9.90. The van der Waals surface area contributed by atoms with E-state index in [1.54, 1.807) is 0 Å². The predicted molar refractivity (Wildman–Crippen MR) is 43.2 cm³/mol. The lowest BCUT2D eigenvalue weighted by Crippen LogP contribution is -1.91. The number of halogens is 1. The molecule has 0 aliphatic heterocycles. The van der Waals surface area contributed by atoms with E-state index in [1.165, 1.54) is 18.2 Å². The molecule has 0 amide bonds. The predicted octanol–water partition coefficient (Wildman–Crippen LogP) is 1.43. The van der Waals surface area contributed by atoms with Crippen molar-refractivity contribution in [3.8, 4) is 0 Å². The van der Waals surface area contributed by atoms with Crippen molar-refractivity contribution in [3.63, 3.8) is 0 Å². The van der Waals surface area contributed by atoms with Crippen LogP contribution < -0.4 is 0 Å². The van der Waals surface area contributed by atoms with Crippen molar-refractivity contribution in [2.75, 3.05) is 0 Å². The Morgan fingerprint density at radius 3 is 2.69 bits per heavy atom. The summed E-state index contributed by atoms with van der Waals surface area (Å²) >= 11 is 0. The minimum absolute atomic E-state index is 0.304. The molecule has 0 atom stereocenters. The molecular weight excluding hydrogens is 198 g/mol. The SMILES string of the molecule is O=P(O)(O)OCc1cccc(F)c1. The van der Waals surface area contributed by atoms with E-state index in [9.17, 15) is 8.96 Å². The van der Waals surface area contributed by atoms with Gasteiger partial charge in [0, 0.05) is 0 Å². The molecule has 4 nitrogen and oxygen atoms in total. The topological polar surface area (TPSA) is 66.8 Å². The first-order valence-electron chi connectivity index (χ1n) is 3.42. The fourth-order valence-electron chi connectivity index (χ4n) is 0.785. The Bertz CT molecular complexity index is 335. The van der Waals surface area contributed by atoms with Gasteiger partial charge in [-0.2, -0.15) is 0 Å². The summed E-state index contributed by atoms with van der Waals surface area (Å²) < 4.78 is 27.0. The third-order valence-corrected chi connectivity index (χ3v) is 1.75. The number of benzene rings is 1. The summed E-state index contributed by atoms with van der Waals surface area (Å²) in [6, 6.07) is 5.34. The zero-order valence-corrected chi connectivity index (χ0v) is 7.45. The van der Waals surface area contributed by atoms with E-state index in [0.29, 0.717) is 5.56 Å². The number of phosphoric acid groups is 1. The first-order chi connectivity index (χ1) is 5.97. The van der Waals surface area contributed by atoms with Gasteiger partial charge in [-0.1, -0.05) is 12.1 Å². The minimum atomic E-state index is -4.47. The van der Waals surface area contributed by atoms with Gasteiger partial charge >= 0.3 is 7.82 Å². The lowest BCUT2D eigenvalue weighted by Gasteiger charge is -2.04. The van der Waals surface area contributed by atoms with Gasteiger partial charge in [0.05, 0.1) is 6.61 Å². The second kappa shape index (κ2) is 3.98. The van der Waals surface area contributed by atoms with Crippen molar-refractivity contribution >= 4 is 7.82 Å². The Kier molecular flexibility index (Phi) is 3.17. The molecule has 0 bridgehead atoms. The number of hydrogen-bond donors (Lipinski definition) is 2. The lowest BCUT2D eigenvalue weighted by atomic mass is 10.2. The largest absolute Gasteiger partial charge is 0.469 e. The smallest absolute Gasteiger partial charge is 0.303 e. The van der Waals surface area contributed by atoms with Gasteiger partial charge in [-0.3, -0.25) is 4.52 Å². The van der Waals surface area contributed by atoms with E-state index in [0.717, 1.165) is 6.07 Å². The van der Waals surface area contributed by atoms with E-state index in [-0.39, 0.29) is 6.61 Å². The normalized spacial score (nSPS) is 11.6. The molecule has 0 radical (unpaired) electrons. The first-order valence-corrected chi connectivity index (χ1v) is 4.95. The molecule has 0 heterocycles. The van der Waals surface area contributed by atoms with Crippen LogP contribution in [-0.2, 0) is 15.7 Å². The molecule has 0 aliphatic carbocycles. The maximum Gasteiger partial charge on any atom is 0.469 e. The Balaban J connectivity index is 2.60. The molecule has 0 aliphatic rings. The molecular formula is C7H8FO4P. The number of rotatable bonds is 3. The first kappa shape index (κ1) is 10.3. The third kappa shape index (κ3) is 4.15. The molecule has 0 spiro atoms. The summed E-state index contributed by atoms with van der Waals surface area (Å²) in [5.74, 6) is -0.466. The van der Waals surface area contributed by atoms with Crippen molar-refractivity contribution in [1.29, 1.82) is 0 Å². The molecule has 72 valence electrons. The summed E-state index contributed by atoms with van der Waals surface area (Å²) in [7, 11) is -4.47. The lowest BCUT2D eigenvalue weighted by molar-refractivity contribution is 0.189. The van der Waals surface area contributed by atoms with Gasteiger partial charge in [0.2, 0.25) is 0 Å². The molecule has 0 saturated heterocycles. The average molecular weight is 206 g/mol. The van der Waals surface area contributed by atoms with E-state index in [4.69, 9.17) is 9.79 Å². The van der Waals surface area contributed by atoms with E-state index >= 15 is 0 Å². The van der Waals surface area contributed by atoms with Crippen LogP contribution >= 0.6 is 7.82 Å². The van der Waals surface area contributed by atoms with Crippen LogP contribution in [0.15, 0.2) is 24.3 Å². The molecule has 0 saturated carbocycles. The Morgan fingerprint density at radius 2 is 2.15 bits per heavy atom. The zero-order valence-electron chi connectivity index (χ0n) is 6.55. The van der Waals surface area contributed by atoms with Crippen LogP contribution in [0.5, 0.6) is 0 Å². The number of hydrogen-bond acceptors (Lipinski definition) is 2. The summed E-state index contributed by atoms with van der Waals surface area (Å²) in [5, 5.41) is 0. The van der Waals surface area contributed by atoms with Crippen LogP contribution in [0.25, 0.3) is 0 Å². The van der Waals surface area contributed by atoms with Gasteiger partial charge in [-0.05, 0) is 17.7 Å². The van der Waals surface area contributed by atoms with Gasteiger partial charge in [-0.15, -0.1) is 0 Å². The Labute approximate surface area is 74.2 Å². The van der Waals surface area contributed by atoms with Crippen LogP contribution in [0, 0.1) is 5.82 Å². The minimum Gasteiger partial charge on any atom is -0.303 e. The van der Waals surface area contributed by atoms with Crippen LogP contribution in [0.2, 0.25) is 0 Å². The van der Waals surface area contributed by atoms with E-state index in [1.807, 2.05) is 0 Å². The maximum atomic E-state index is 12.5. The summed E-state index contributed by atoms with van der Waals surface area (Å²) in [6.45, 7) is -0.304. The van der Waals surface area contributed by atoms with Crippen molar-refractivity contribution < 1.29 is 23.3 Å². The number of phosphoric ester groups is 1. The van der Waals surface area contributed by atoms with Gasteiger partial charge < -0.3 is 9.79 Å². The second-order valence-electron chi connectivity index (χ2n) is 2.39. The molecule has 0 unspecified atom stereocenters. The molecule has 0 aromatic heterocycles. The van der Waals surface area contributed by atoms with Gasteiger partial charge in [0.25, 0.3) is 0 Å². The molecule has 1 aromatic rings. The van der Waals surface area contributed by atoms with E-state index in [2.05, 4.69) is 4.52 Å². The standard InChI is InChI=1S/C7H8FO4P/c8-7-3-1-2-6(4-7)5-12-13(9,10)11/h1-4H,5H2,(H2,9,10,11). The quantitative estimate of drug-likeness (QED) is 0.734. The second-order valence-corrected chi connectivity index (χ2v) is 3.63. The highest BCUT2D eigenvalue weighted by Gasteiger charge is 2.13. The highest BCUT2D eigenvalue weighted by atomic mass is 31.2. The van der Waals surface area contributed by atoms with E-state index < -0.39 is 13.6 Å². The fraction of sp³-hybridized carbons (Fsp3) is 0.143. The van der Waals surface area contributed by atoms with Crippen molar-refractivity contribution in [2.45, 2.75) is 6.61 Å². The van der Waals surface area contributed by atoms with Crippen LogP contribution in [0.1, 0.15) is 5.56 Å². The van der Waals surface area contributed by atoms with Crippen molar-refractivity contribution in [2.24, 2.45) is 0 Å². The summed E-state index contributed by atoms with van der Waals surface area (Å²) in [4.78, 5) is 16.7. The third-order valence-electron chi connectivity index (χ3n) is 1.29. The molecule has 6 heteroatoms. The van der Waals surface area contributed by atoms with Crippen LogP contribution in [-0.4, -0.2) is 9.79 Å². The van der Waals surface area contributed by atoms with Crippen LogP contribution in [0.4, 0.5) is 4.39 Å². The van der Waals surface area contributed by atoms with Crippen molar-refractivity contribution in [3.05, 3.63) is 35.6 Å². The Hall–Kier alpha value is -0.740. The average Bonchev–Trinajstić information content (AvgIpc) is 2.00. The Morgan fingerprint density at radius 1 is 1.46 bits per heavy atom. The highest BCUT2D eigenvalue weighted by Crippen LogP contribution is 2.36. The fourth-order valence-corrected chi connectivity index (χ4v) is 1.10. The molecule has 13 heavy (non-hydrogen) atoms. The monoisotopic (exact) mass is 206 g/mol. The van der Waals surface area contributed by atoms with Gasteiger partial charge in [-0.25, -0.2) is 8.96 Å². The van der Waals surface area contributed by atoms with Gasteiger partial charge in [0.1, 0.15) is 5.82 Å². The summed E-state index contributed by atoms with van der Waals surface area (Å²) in [5.41, 5.74) is 0.378. The molecule has 1 aromatic carbocycles. The van der Waals surface area contributed by atoms with Crippen molar-refractivity contribution in [1.82, 2.24) is 0 Å². The highest BCUT2D eigenvalue weighted by molar-refractivity contribution is 7.46. The van der Waals surface area contributed by atoms with Crippen LogP contribution in [0.3, 0.4) is 0 Å². The summed E-state index contributed by atoms with van der Waals surface area (Å²) in [6.07, 6.45) is 0. The molecule has 0 fully saturated rings. The van der Waals surface area contributed by atoms with Gasteiger partial charge in [0.15, 0.2) is 0 Å². The maximum absolute atomic E-state index is 12.5. The molecule has 2 N–H and O–H groups in total. The molecule has 1 rings (SSSR count).